The van der Waals surface area contributed by atoms with E-state index in [9.17, 15) is 14.7 Å². The van der Waals surface area contributed by atoms with E-state index >= 15 is 0 Å². The van der Waals surface area contributed by atoms with Crippen molar-refractivity contribution >= 4 is 11.7 Å². The minimum Gasteiger partial charge on any atom is -0.389 e. The third-order valence-electron chi connectivity index (χ3n) is 6.52. The molecule has 32 heavy (non-hydrogen) atoms. The van der Waals surface area contributed by atoms with Crippen LogP contribution in [0.15, 0.2) is 35.5 Å². The number of aromatic nitrogens is 4. The van der Waals surface area contributed by atoms with Crippen LogP contribution >= 0.6 is 0 Å². The Hall–Kier alpha value is -3.26. The van der Waals surface area contributed by atoms with Gasteiger partial charge < -0.3 is 14.2 Å². The molecule has 8 nitrogen and oxygen atoms in total. The number of pyridine rings is 1. The average Bonchev–Trinajstić information content (AvgIpc) is 3.22. The number of rotatable bonds is 3. The Labute approximate surface area is 186 Å². The summed E-state index contributed by atoms with van der Waals surface area (Å²) >= 11 is 0. The molecule has 3 aromatic rings. The maximum Gasteiger partial charge on any atom is 0.276 e. The van der Waals surface area contributed by atoms with Gasteiger partial charge in [0.2, 0.25) is 0 Å². The van der Waals surface area contributed by atoms with Crippen LogP contribution in [-0.2, 0) is 26.4 Å². The molecule has 0 radical (unpaired) electrons. The van der Waals surface area contributed by atoms with E-state index in [0.717, 1.165) is 12.8 Å². The minimum atomic E-state index is -0.875. The largest absolute Gasteiger partial charge is 0.389 e. The van der Waals surface area contributed by atoms with E-state index < -0.39 is 6.10 Å². The molecule has 5 rings (SSSR count). The third kappa shape index (κ3) is 3.17. The number of aryl methyl sites for hydroxylation is 1. The molecule has 1 aliphatic heterocycles. The smallest absolute Gasteiger partial charge is 0.276 e. The van der Waals surface area contributed by atoms with Crippen LogP contribution in [0.5, 0.6) is 0 Å². The molecule has 8 heteroatoms. The van der Waals surface area contributed by atoms with Gasteiger partial charge in [0, 0.05) is 49.4 Å². The van der Waals surface area contributed by atoms with Crippen LogP contribution in [0.1, 0.15) is 54.2 Å². The molecule has 0 spiro atoms. The summed E-state index contributed by atoms with van der Waals surface area (Å²) in [5.41, 5.74) is 4.94. The first kappa shape index (κ1) is 20.6. The summed E-state index contributed by atoms with van der Waals surface area (Å²) in [5, 5.41) is 10.7. The van der Waals surface area contributed by atoms with Crippen LogP contribution in [0.25, 0.3) is 11.3 Å². The first-order valence-corrected chi connectivity index (χ1v) is 10.9. The van der Waals surface area contributed by atoms with Crippen LogP contribution < -0.4 is 10.5 Å². The lowest BCUT2D eigenvalue weighted by atomic mass is 9.90. The monoisotopic (exact) mass is 433 g/mol. The highest BCUT2D eigenvalue weighted by atomic mass is 16.3. The summed E-state index contributed by atoms with van der Waals surface area (Å²) in [5.74, 6) is 0.328. The topological polar surface area (TPSA) is 93.2 Å². The molecule has 0 fully saturated rings. The summed E-state index contributed by atoms with van der Waals surface area (Å²) in [6.07, 6.45) is 5.57. The van der Waals surface area contributed by atoms with E-state index in [4.69, 9.17) is 0 Å². The molecule has 0 aromatic carbocycles. The standard InChI is InChI=1S/C24H27N5O3/c1-14(30)21-16(17-13-27(4)20(31)12-26-17)5-6-25-22(21)29-8-7-28-18(23(29)32)9-15-10-24(2,3)11-19(15)28/h5-6,9,12-14,30H,7-8,10-11H2,1-4H3/t14-/m1/s1. The molecule has 0 bridgehead atoms. The molecule has 1 N–H and O–H groups in total. The zero-order valence-electron chi connectivity index (χ0n) is 18.8. The molecule has 0 saturated heterocycles. The van der Waals surface area contributed by atoms with Gasteiger partial charge in [-0.05, 0) is 42.9 Å². The summed E-state index contributed by atoms with van der Waals surface area (Å²) < 4.78 is 3.60. The fourth-order valence-corrected chi connectivity index (χ4v) is 5.06. The van der Waals surface area contributed by atoms with Crippen molar-refractivity contribution < 1.29 is 9.90 Å². The minimum absolute atomic E-state index is 0.108. The number of nitrogens with zero attached hydrogens (tertiary/aromatic N) is 5. The Morgan fingerprint density at radius 1 is 1.16 bits per heavy atom. The van der Waals surface area contributed by atoms with Crippen molar-refractivity contribution in [3.63, 3.8) is 0 Å². The number of amides is 1. The van der Waals surface area contributed by atoms with Crippen LogP contribution in [0.3, 0.4) is 0 Å². The molecule has 1 atom stereocenters. The fourth-order valence-electron chi connectivity index (χ4n) is 5.06. The van der Waals surface area contributed by atoms with Gasteiger partial charge in [0.1, 0.15) is 11.5 Å². The zero-order valence-corrected chi connectivity index (χ0v) is 18.8. The second-order valence-electron chi connectivity index (χ2n) is 9.62. The molecular formula is C24H27N5O3. The lowest BCUT2D eigenvalue weighted by Crippen LogP contribution is -2.42. The number of carbonyl (C=O) groups excluding carboxylic acids is 1. The Balaban J connectivity index is 1.58. The van der Waals surface area contributed by atoms with Crippen molar-refractivity contribution in [3.8, 4) is 11.3 Å². The molecule has 0 saturated carbocycles. The molecule has 3 aromatic heterocycles. The van der Waals surface area contributed by atoms with Gasteiger partial charge in [-0.3, -0.25) is 14.5 Å². The second kappa shape index (κ2) is 7.13. The number of aliphatic hydroxyl groups is 1. The van der Waals surface area contributed by atoms with Gasteiger partial charge in [-0.25, -0.2) is 9.97 Å². The van der Waals surface area contributed by atoms with Crippen molar-refractivity contribution in [1.82, 2.24) is 19.1 Å². The van der Waals surface area contributed by atoms with Gasteiger partial charge in [0.05, 0.1) is 18.0 Å². The van der Waals surface area contributed by atoms with E-state index in [2.05, 4.69) is 28.4 Å². The van der Waals surface area contributed by atoms with Gasteiger partial charge in [-0.15, -0.1) is 0 Å². The molecular weight excluding hydrogens is 406 g/mol. The zero-order chi connectivity index (χ0) is 22.8. The Kier molecular flexibility index (Phi) is 4.60. The lowest BCUT2D eigenvalue weighted by molar-refractivity contribution is 0.0962. The van der Waals surface area contributed by atoms with E-state index in [-0.39, 0.29) is 16.9 Å². The van der Waals surface area contributed by atoms with Crippen molar-refractivity contribution in [1.29, 1.82) is 0 Å². The van der Waals surface area contributed by atoms with E-state index in [0.29, 0.717) is 41.4 Å². The van der Waals surface area contributed by atoms with E-state index in [1.165, 1.54) is 22.0 Å². The fraction of sp³-hybridized carbons (Fsp3) is 0.417. The molecule has 1 aliphatic carbocycles. The summed E-state index contributed by atoms with van der Waals surface area (Å²) in [7, 11) is 1.65. The van der Waals surface area contributed by atoms with Crippen molar-refractivity contribution in [2.75, 3.05) is 11.4 Å². The van der Waals surface area contributed by atoms with Crippen molar-refractivity contribution in [2.24, 2.45) is 12.5 Å². The van der Waals surface area contributed by atoms with E-state index in [1.54, 1.807) is 37.3 Å². The van der Waals surface area contributed by atoms with Gasteiger partial charge in [-0.1, -0.05) is 13.8 Å². The summed E-state index contributed by atoms with van der Waals surface area (Å²) in [4.78, 5) is 35.7. The normalized spacial score (nSPS) is 17.9. The van der Waals surface area contributed by atoms with E-state index in [1.807, 2.05) is 6.07 Å². The quantitative estimate of drug-likeness (QED) is 0.685. The second-order valence-corrected chi connectivity index (χ2v) is 9.62. The third-order valence-corrected chi connectivity index (χ3v) is 6.52. The van der Waals surface area contributed by atoms with Crippen LogP contribution in [0.2, 0.25) is 0 Å². The number of fused-ring (bicyclic) bond motifs is 3. The molecule has 2 aliphatic rings. The first-order chi connectivity index (χ1) is 15.2. The number of aliphatic hydroxyl groups excluding tert-OH is 1. The number of carbonyl (C=O) groups is 1. The summed E-state index contributed by atoms with van der Waals surface area (Å²) in [6, 6.07) is 3.78. The maximum atomic E-state index is 13.5. The van der Waals surface area contributed by atoms with Crippen molar-refractivity contribution in [2.45, 2.75) is 46.3 Å². The van der Waals surface area contributed by atoms with Crippen LogP contribution in [0, 0.1) is 5.41 Å². The van der Waals surface area contributed by atoms with Crippen molar-refractivity contribution in [3.05, 3.63) is 63.6 Å². The Morgan fingerprint density at radius 2 is 1.94 bits per heavy atom. The molecule has 1 amide bonds. The van der Waals surface area contributed by atoms with Crippen LogP contribution in [0.4, 0.5) is 5.82 Å². The predicted octanol–water partition coefficient (Wildman–Crippen LogP) is 2.48. The highest BCUT2D eigenvalue weighted by Crippen LogP contribution is 2.40. The Morgan fingerprint density at radius 3 is 2.66 bits per heavy atom. The Bertz CT molecular complexity index is 1300. The number of hydrogen-bond donors (Lipinski definition) is 1. The predicted molar refractivity (Wildman–Crippen MR) is 121 cm³/mol. The van der Waals surface area contributed by atoms with Gasteiger partial charge in [-0.2, -0.15) is 0 Å². The highest BCUT2D eigenvalue weighted by Gasteiger charge is 2.37. The maximum absolute atomic E-state index is 13.5. The van der Waals surface area contributed by atoms with Gasteiger partial charge >= 0.3 is 0 Å². The number of hydrogen-bond acceptors (Lipinski definition) is 5. The highest BCUT2D eigenvalue weighted by molar-refractivity contribution is 6.06. The molecule has 0 unspecified atom stereocenters. The first-order valence-electron chi connectivity index (χ1n) is 10.9. The van der Waals surface area contributed by atoms with Crippen LogP contribution in [-0.4, -0.2) is 36.7 Å². The number of anilines is 1. The lowest BCUT2D eigenvalue weighted by Gasteiger charge is -2.31. The molecule has 166 valence electrons. The average molecular weight is 434 g/mol. The molecule has 4 heterocycles. The van der Waals surface area contributed by atoms with Gasteiger partial charge in [0.25, 0.3) is 11.5 Å². The summed E-state index contributed by atoms with van der Waals surface area (Å²) in [6.45, 7) is 7.34. The SMILES string of the molecule is C[C@@H](O)c1c(-c2cn(C)c(=O)cn2)ccnc1N1CCn2c(cc3c2CC(C)(C)C3)C1=O. The van der Waals surface area contributed by atoms with Gasteiger partial charge in [0.15, 0.2) is 0 Å².